The summed E-state index contributed by atoms with van der Waals surface area (Å²) in [5, 5.41) is 2.75. The highest BCUT2D eigenvalue weighted by molar-refractivity contribution is 6.35. The van der Waals surface area contributed by atoms with Gasteiger partial charge >= 0.3 is 0 Å². The summed E-state index contributed by atoms with van der Waals surface area (Å²) in [7, 11) is 0. The monoisotopic (exact) mass is 439 g/mol. The maximum atomic E-state index is 13.4. The molecule has 1 aromatic rings. The smallest absolute Gasteiger partial charge is 0.277 e. The molecule has 174 valence electrons. The first kappa shape index (κ1) is 24.0. The summed E-state index contributed by atoms with van der Waals surface area (Å²) in [5.74, 6) is 0.00927. The number of hydrogen-bond acceptors (Lipinski definition) is 4. The SMILES string of the molecule is CCCCCCCCN1C(=O)C(c2ccc(NC(C)=O)cc2)=C(N2CCCC(C)C2)C1=O. The van der Waals surface area contributed by atoms with Crippen LogP contribution in [0.5, 0.6) is 0 Å². The van der Waals surface area contributed by atoms with Gasteiger partial charge in [-0.15, -0.1) is 0 Å². The van der Waals surface area contributed by atoms with E-state index in [0.29, 0.717) is 29.4 Å². The normalized spacial score (nSPS) is 19.2. The Morgan fingerprint density at radius 2 is 1.72 bits per heavy atom. The molecule has 0 radical (unpaired) electrons. The van der Waals surface area contributed by atoms with E-state index in [1.54, 1.807) is 12.1 Å². The molecule has 1 atom stereocenters. The Kier molecular flexibility index (Phi) is 8.48. The molecule has 0 saturated carbocycles. The number of piperidine rings is 1. The highest BCUT2D eigenvalue weighted by atomic mass is 16.2. The lowest BCUT2D eigenvalue weighted by molar-refractivity contribution is -0.137. The minimum Gasteiger partial charge on any atom is -0.366 e. The quantitative estimate of drug-likeness (QED) is 0.419. The van der Waals surface area contributed by atoms with Gasteiger partial charge in [0.15, 0.2) is 0 Å². The number of carbonyl (C=O) groups excluding carboxylic acids is 3. The summed E-state index contributed by atoms with van der Waals surface area (Å²) in [6.07, 6.45) is 8.85. The number of benzene rings is 1. The van der Waals surface area contributed by atoms with Crippen molar-refractivity contribution in [2.45, 2.75) is 72.1 Å². The third-order valence-electron chi connectivity index (χ3n) is 6.35. The van der Waals surface area contributed by atoms with Crippen LogP contribution >= 0.6 is 0 Å². The Morgan fingerprint density at radius 3 is 2.38 bits per heavy atom. The Morgan fingerprint density at radius 1 is 1.03 bits per heavy atom. The summed E-state index contributed by atoms with van der Waals surface area (Å²) >= 11 is 0. The van der Waals surface area contributed by atoms with Gasteiger partial charge in [0.25, 0.3) is 11.8 Å². The minimum atomic E-state index is -0.191. The minimum absolute atomic E-state index is 0.141. The lowest BCUT2D eigenvalue weighted by atomic mass is 9.97. The van der Waals surface area contributed by atoms with Gasteiger partial charge in [-0.3, -0.25) is 19.3 Å². The van der Waals surface area contributed by atoms with Crippen LogP contribution in [0.4, 0.5) is 5.69 Å². The Balaban J connectivity index is 1.82. The zero-order valence-electron chi connectivity index (χ0n) is 19.8. The second-order valence-electron chi connectivity index (χ2n) is 9.21. The molecule has 32 heavy (non-hydrogen) atoms. The van der Waals surface area contributed by atoms with Crippen molar-refractivity contribution in [2.24, 2.45) is 5.92 Å². The summed E-state index contributed by atoms with van der Waals surface area (Å²) in [6, 6.07) is 7.23. The Labute approximate surface area is 192 Å². The van der Waals surface area contributed by atoms with Crippen LogP contribution in [0.1, 0.15) is 77.7 Å². The second-order valence-corrected chi connectivity index (χ2v) is 9.21. The first-order valence-electron chi connectivity index (χ1n) is 12.2. The number of amides is 3. The Hall–Kier alpha value is -2.63. The van der Waals surface area contributed by atoms with Crippen LogP contribution in [-0.2, 0) is 14.4 Å². The van der Waals surface area contributed by atoms with Crippen LogP contribution in [0.25, 0.3) is 5.57 Å². The topological polar surface area (TPSA) is 69.7 Å². The van der Waals surface area contributed by atoms with E-state index >= 15 is 0 Å². The number of nitrogens with one attached hydrogen (secondary N) is 1. The molecule has 2 aliphatic rings. The maximum absolute atomic E-state index is 13.4. The van der Waals surface area contributed by atoms with Crippen LogP contribution in [-0.4, -0.2) is 47.2 Å². The number of imide groups is 1. The van der Waals surface area contributed by atoms with E-state index in [2.05, 4.69) is 24.1 Å². The number of likely N-dealkylation sites (tertiary alicyclic amines) is 1. The molecular formula is C26H37N3O3. The number of carbonyl (C=O) groups is 3. The Bertz CT molecular complexity index is 860. The zero-order valence-corrected chi connectivity index (χ0v) is 19.8. The van der Waals surface area contributed by atoms with E-state index in [1.807, 2.05) is 12.1 Å². The first-order chi connectivity index (χ1) is 15.4. The highest BCUT2D eigenvalue weighted by Gasteiger charge is 2.41. The van der Waals surface area contributed by atoms with E-state index in [1.165, 1.54) is 31.1 Å². The van der Waals surface area contributed by atoms with Crippen molar-refractivity contribution in [3.63, 3.8) is 0 Å². The summed E-state index contributed by atoms with van der Waals surface area (Å²) in [6.45, 7) is 7.93. The molecule has 1 unspecified atom stereocenters. The van der Waals surface area contributed by atoms with E-state index in [0.717, 1.165) is 50.8 Å². The van der Waals surface area contributed by atoms with E-state index in [9.17, 15) is 14.4 Å². The van der Waals surface area contributed by atoms with Crippen molar-refractivity contribution < 1.29 is 14.4 Å². The molecule has 3 amide bonds. The van der Waals surface area contributed by atoms with Gasteiger partial charge in [0.05, 0.1) is 5.57 Å². The van der Waals surface area contributed by atoms with Gasteiger partial charge in [-0.2, -0.15) is 0 Å². The number of nitrogens with zero attached hydrogens (tertiary/aromatic N) is 2. The predicted molar refractivity (Wildman–Crippen MR) is 128 cm³/mol. The fourth-order valence-electron chi connectivity index (χ4n) is 4.69. The number of anilines is 1. The summed E-state index contributed by atoms with van der Waals surface area (Å²) in [4.78, 5) is 41.8. The second kappa shape index (κ2) is 11.3. The standard InChI is InChI=1S/C26H37N3O3/c1-4-5-6-7-8-9-17-29-25(31)23(21-12-14-22(15-13-21)27-20(3)30)24(26(29)32)28-16-10-11-19(2)18-28/h12-15,19H,4-11,16-18H2,1-3H3,(H,27,30). The molecule has 3 rings (SSSR count). The first-order valence-corrected chi connectivity index (χ1v) is 12.2. The highest BCUT2D eigenvalue weighted by Crippen LogP contribution is 2.34. The van der Waals surface area contributed by atoms with E-state index < -0.39 is 0 Å². The summed E-state index contributed by atoms with van der Waals surface area (Å²) in [5.41, 5.74) is 2.47. The molecule has 0 bridgehead atoms. The molecule has 0 aromatic heterocycles. The van der Waals surface area contributed by atoms with Gasteiger partial charge in [-0.25, -0.2) is 0 Å². The van der Waals surface area contributed by atoms with Crippen LogP contribution < -0.4 is 5.32 Å². The van der Waals surface area contributed by atoms with Crippen LogP contribution in [0.15, 0.2) is 30.0 Å². The molecular weight excluding hydrogens is 402 g/mol. The lowest BCUT2D eigenvalue weighted by Gasteiger charge is -2.33. The zero-order chi connectivity index (χ0) is 23.1. The number of rotatable bonds is 10. The van der Waals surface area contributed by atoms with E-state index in [4.69, 9.17) is 0 Å². The lowest BCUT2D eigenvalue weighted by Crippen LogP contribution is -2.39. The van der Waals surface area contributed by atoms with Crippen LogP contribution in [0.3, 0.4) is 0 Å². The van der Waals surface area contributed by atoms with Crippen molar-refractivity contribution in [1.82, 2.24) is 9.80 Å². The molecule has 1 saturated heterocycles. The third-order valence-corrected chi connectivity index (χ3v) is 6.35. The van der Waals surface area contributed by atoms with Crippen LogP contribution in [0.2, 0.25) is 0 Å². The van der Waals surface area contributed by atoms with Crippen molar-refractivity contribution in [2.75, 3.05) is 25.0 Å². The maximum Gasteiger partial charge on any atom is 0.277 e. The molecule has 1 aromatic carbocycles. The van der Waals surface area contributed by atoms with Gasteiger partial charge < -0.3 is 10.2 Å². The summed E-state index contributed by atoms with van der Waals surface area (Å²) < 4.78 is 0. The molecule has 6 heteroatoms. The van der Waals surface area contributed by atoms with Crippen LogP contribution in [0, 0.1) is 5.92 Å². The van der Waals surface area contributed by atoms with Gasteiger partial charge in [-0.05, 0) is 42.9 Å². The fraction of sp³-hybridized carbons (Fsp3) is 0.577. The molecule has 2 heterocycles. The molecule has 0 spiro atoms. The third kappa shape index (κ3) is 5.78. The van der Waals surface area contributed by atoms with E-state index in [-0.39, 0.29) is 17.7 Å². The van der Waals surface area contributed by atoms with Crippen molar-refractivity contribution in [1.29, 1.82) is 0 Å². The predicted octanol–water partition coefficient (Wildman–Crippen LogP) is 4.82. The molecule has 2 aliphatic heterocycles. The molecule has 1 N–H and O–H groups in total. The molecule has 6 nitrogen and oxygen atoms in total. The fourth-order valence-corrected chi connectivity index (χ4v) is 4.69. The average Bonchev–Trinajstić information content (AvgIpc) is 3.01. The van der Waals surface area contributed by atoms with Crippen molar-refractivity contribution >= 4 is 29.0 Å². The molecule has 1 fully saturated rings. The molecule has 0 aliphatic carbocycles. The largest absolute Gasteiger partial charge is 0.366 e. The van der Waals surface area contributed by atoms with Gasteiger partial charge in [0.2, 0.25) is 5.91 Å². The van der Waals surface area contributed by atoms with Crippen molar-refractivity contribution in [3.05, 3.63) is 35.5 Å². The van der Waals surface area contributed by atoms with Gasteiger partial charge in [0.1, 0.15) is 5.70 Å². The van der Waals surface area contributed by atoms with Crippen molar-refractivity contribution in [3.8, 4) is 0 Å². The van der Waals surface area contributed by atoms with Gasteiger partial charge in [0, 0.05) is 32.2 Å². The number of hydrogen-bond donors (Lipinski definition) is 1. The van der Waals surface area contributed by atoms with Gasteiger partial charge in [-0.1, -0.05) is 58.1 Å². The average molecular weight is 440 g/mol. The number of unbranched alkanes of at least 4 members (excludes halogenated alkanes) is 5.